The van der Waals surface area contributed by atoms with Gasteiger partial charge in [-0.05, 0) is 55.3 Å². The number of fused-ring (bicyclic) bond motifs is 1. The summed E-state index contributed by atoms with van der Waals surface area (Å²) < 4.78 is 118. The molecule has 8 nitrogen and oxygen atoms in total. The first-order valence-electron chi connectivity index (χ1n) is 15.1. The van der Waals surface area contributed by atoms with E-state index < -0.39 is 50.7 Å². The van der Waals surface area contributed by atoms with Crippen LogP contribution in [0, 0.1) is 17.6 Å². The van der Waals surface area contributed by atoms with Crippen LogP contribution < -0.4 is 18.5 Å². The number of anilines is 1. The van der Waals surface area contributed by atoms with Crippen molar-refractivity contribution < 1.29 is 44.6 Å². The summed E-state index contributed by atoms with van der Waals surface area (Å²) in [4.78, 5) is 5.41. The van der Waals surface area contributed by atoms with Crippen molar-refractivity contribution >= 4 is 26.5 Å². The monoisotopic (exact) mass is 709 g/mol. The molecule has 0 radical (unpaired) electrons. The van der Waals surface area contributed by atoms with E-state index in [4.69, 9.17) is 14.2 Å². The van der Waals surface area contributed by atoms with E-state index in [1.807, 2.05) is 4.90 Å². The van der Waals surface area contributed by atoms with Gasteiger partial charge in [0.25, 0.3) is 10.0 Å². The number of benzene rings is 3. The van der Waals surface area contributed by atoms with E-state index in [9.17, 15) is 26.0 Å². The lowest BCUT2D eigenvalue weighted by molar-refractivity contribution is -0.192. The minimum absolute atomic E-state index is 0.0412. The molecule has 6 rings (SSSR count). The van der Waals surface area contributed by atoms with E-state index >= 15 is 4.39 Å². The third-order valence-corrected chi connectivity index (χ3v) is 11.5. The molecule has 0 amide bonds. The van der Waals surface area contributed by atoms with Crippen molar-refractivity contribution in [2.24, 2.45) is 5.92 Å². The maximum atomic E-state index is 16.2. The summed E-state index contributed by atoms with van der Waals surface area (Å²) in [5.74, 6) is -2.16. The van der Waals surface area contributed by atoms with Crippen LogP contribution in [-0.2, 0) is 16.6 Å². The number of nitrogens with zero attached hydrogens (tertiary/aromatic N) is 3. The van der Waals surface area contributed by atoms with Crippen molar-refractivity contribution in [2.75, 3.05) is 31.7 Å². The van der Waals surface area contributed by atoms with Crippen LogP contribution in [0.3, 0.4) is 0 Å². The predicted octanol–water partition coefficient (Wildman–Crippen LogP) is 7.67. The topological polar surface area (TPSA) is 81.2 Å². The highest BCUT2D eigenvalue weighted by Gasteiger charge is 2.47. The van der Waals surface area contributed by atoms with Crippen molar-refractivity contribution in [2.45, 2.75) is 49.0 Å². The van der Waals surface area contributed by atoms with Crippen molar-refractivity contribution in [1.82, 2.24) is 9.88 Å². The van der Waals surface area contributed by atoms with Crippen LogP contribution in [0.2, 0.25) is 0 Å². The van der Waals surface area contributed by atoms with E-state index in [1.54, 1.807) is 23.6 Å². The van der Waals surface area contributed by atoms with Gasteiger partial charge in [0.15, 0.2) is 5.13 Å². The lowest BCUT2D eigenvalue weighted by Crippen LogP contribution is -2.44. The smallest absolute Gasteiger partial charge is 0.391 e. The fourth-order valence-electron chi connectivity index (χ4n) is 6.43. The molecule has 0 N–H and O–H groups in total. The third kappa shape index (κ3) is 6.67. The largest absolute Gasteiger partial charge is 0.497 e. The summed E-state index contributed by atoms with van der Waals surface area (Å²) in [6, 6.07) is 11.1. The zero-order valence-corrected chi connectivity index (χ0v) is 27.5. The normalized spacial score (nSPS) is 20.1. The Balaban J connectivity index is 1.37. The summed E-state index contributed by atoms with van der Waals surface area (Å²) in [6.45, 7) is -0.0760. The van der Waals surface area contributed by atoms with Gasteiger partial charge in [0.1, 0.15) is 33.8 Å². The summed E-state index contributed by atoms with van der Waals surface area (Å²) in [6.07, 6.45) is -3.07. The van der Waals surface area contributed by atoms with Gasteiger partial charge in [0.2, 0.25) is 0 Å². The molecule has 0 unspecified atom stereocenters. The molecule has 3 atom stereocenters. The third-order valence-electron chi connectivity index (χ3n) is 8.84. The van der Waals surface area contributed by atoms with Crippen LogP contribution >= 0.6 is 11.3 Å². The number of ether oxygens (including phenoxy) is 3. The molecule has 0 spiro atoms. The first-order valence-corrected chi connectivity index (χ1v) is 17.4. The first-order chi connectivity index (χ1) is 22.9. The van der Waals surface area contributed by atoms with Crippen LogP contribution in [0.25, 0.3) is 0 Å². The van der Waals surface area contributed by atoms with E-state index in [0.29, 0.717) is 34.6 Å². The van der Waals surface area contributed by atoms with E-state index in [1.165, 1.54) is 44.7 Å². The SMILES string of the molecule is COc1ccc(CN(c2nccs2)S(=O)(=O)c2cc3c(cc2F)[C@@H](N2CC[C@@H](C(F)(F)F)C[C@H]2c2ccc(F)cc2)CCO3)c(OC)c1. The number of thiazole rings is 1. The molecule has 0 aliphatic carbocycles. The zero-order valence-electron chi connectivity index (χ0n) is 25.9. The Morgan fingerprint density at radius 2 is 1.79 bits per heavy atom. The number of hydrogen-bond donors (Lipinski definition) is 0. The first kappa shape index (κ1) is 33.9. The predicted molar refractivity (Wildman–Crippen MR) is 169 cm³/mol. The second-order valence-corrected chi connectivity index (χ2v) is 14.2. The minimum Gasteiger partial charge on any atom is -0.497 e. The van der Waals surface area contributed by atoms with Crippen LogP contribution in [0.15, 0.2) is 71.1 Å². The zero-order chi connectivity index (χ0) is 34.2. The number of hydrogen-bond acceptors (Lipinski definition) is 8. The molecular weight excluding hydrogens is 678 g/mol. The molecule has 4 aromatic rings. The van der Waals surface area contributed by atoms with E-state index in [-0.39, 0.29) is 43.4 Å². The Kier molecular flexibility index (Phi) is 9.55. The molecule has 3 heterocycles. The standard InChI is InChI=1S/C33H32F5N3O5S2/c1-44-24-8-5-21(29(16-24)45-2)19-41(32-39-11-14-47-32)48(42,43)31-18-30-25(17-26(31)35)27(10-13-46-30)40-12-9-22(33(36,37)38)15-28(40)20-3-6-23(34)7-4-20/h3-8,11,14,16-18,22,27-28H,9-10,12-13,15,19H2,1-2H3/t22-,27+,28+/m1/s1. The molecule has 256 valence electrons. The quantitative estimate of drug-likeness (QED) is 0.165. The molecule has 0 saturated carbocycles. The molecule has 2 aliphatic heterocycles. The molecule has 2 aliphatic rings. The molecule has 48 heavy (non-hydrogen) atoms. The Labute approximate surface area is 278 Å². The van der Waals surface area contributed by atoms with Gasteiger partial charge in [0.05, 0.1) is 33.3 Å². The van der Waals surface area contributed by atoms with Gasteiger partial charge in [-0.25, -0.2) is 26.5 Å². The highest BCUT2D eigenvalue weighted by molar-refractivity contribution is 7.93. The van der Waals surface area contributed by atoms with Gasteiger partial charge in [0, 0.05) is 53.3 Å². The maximum absolute atomic E-state index is 16.2. The van der Waals surface area contributed by atoms with E-state index in [0.717, 1.165) is 27.8 Å². The van der Waals surface area contributed by atoms with Gasteiger partial charge in [-0.2, -0.15) is 13.2 Å². The highest BCUT2D eigenvalue weighted by Crippen LogP contribution is 2.49. The van der Waals surface area contributed by atoms with Gasteiger partial charge < -0.3 is 14.2 Å². The Morgan fingerprint density at radius 1 is 1.02 bits per heavy atom. The molecular formula is C33H32F5N3O5S2. The average Bonchev–Trinajstić information content (AvgIpc) is 3.61. The Morgan fingerprint density at radius 3 is 2.46 bits per heavy atom. The number of halogens is 5. The lowest BCUT2D eigenvalue weighted by Gasteiger charge is -2.46. The number of piperidine rings is 1. The molecule has 3 aromatic carbocycles. The molecule has 1 saturated heterocycles. The summed E-state index contributed by atoms with van der Waals surface area (Å²) in [5, 5.41) is 1.69. The van der Waals surface area contributed by atoms with Crippen molar-refractivity contribution in [1.29, 1.82) is 0 Å². The second kappa shape index (κ2) is 13.5. The van der Waals surface area contributed by atoms with Crippen LogP contribution in [0.4, 0.5) is 27.1 Å². The van der Waals surface area contributed by atoms with Crippen LogP contribution in [0.1, 0.15) is 48.0 Å². The minimum atomic E-state index is -4.59. The number of sulfonamides is 1. The van der Waals surface area contributed by atoms with Gasteiger partial charge in [-0.15, -0.1) is 11.3 Å². The number of alkyl halides is 3. The summed E-state index contributed by atoms with van der Waals surface area (Å²) in [7, 11) is -1.67. The number of rotatable bonds is 9. The molecule has 15 heteroatoms. The number of likely N-dealkylation sites (tertiary alicyclic amines) is 1. The molecule has 1 aromatic heterocycles. The van der Waals surface area contributed by atoms with Gasteiger partial charge in [-0.3, -0.25) is 4.90 Å². The van der Waals surface area contributed by atoms with Crippen molar-refractivity contribution in [3.05, 3.63) is 94.5 Å². The number of aromatic nitrogens is 1. The second-order valence-electron chi connectivity index (χ2n) is 11.5. The Bertz CT molecular complexity index is 1860. The van der Waals surface area contributed by atoms with E-state index in [2.05, 4.69) is 4.98 Å². The van der Waals surface area contributed by atoms with Gasteiger partial charge in [-0.1, -0.05) is 12.1 Å². The van der Waals surface area contributed by atoms with Gasteiger partial charge >= 0.3 is 6.18 Å². The lowest BCUT2D eigenvalue weighted by atomic mass is 9.84. The van der Waals surface area contributed by atoms with Crippen molar-refractivity contribution in [3.63, 3.8) is 0 Å². The summed E-state index contributed by atoms with van der Waals surface area (Å²) >= 11 is 1.05. The average molecular weight is 710 g/mol. The van der Waals surface area contributed by atoms with Crippen molar-refractivity contribution in [3.8, 4) is 17.2 Å². The fraction of sp³-hybridized carbons (Fsp3) is 0.364. The fourth-order valence-corrected chi connectivity index (χ4v) is 8.76. The number of methoxy groups -OCH3 is 2. The highest BCUT2D eigenvalue weighted by atomic mass is 32.2. The summed E-state index contributed by atoms with van der Waals surface area (Å²) in [5.41, 5.74) is 1.31. The molecule has 1 fully saturated rings. The molecule has 0 bridgehead atoms. The Hall–Kier alpha value is -3.95. The maximum Gasteiger partial charge on any atom is 0.391 e. The van der Waals surface area contributed by atoms with Crippen LogP contribution in [-0.4, -0.2) is 51.8 Å². The van der Waals surface area contributed by atoms with Crippen LogP contribution in [0.5, 0.6) is 17.2 Å².